The third-order valence-corrected chi connectivity index (χ3v) is 4.61. The van der Waals surface area contributed by atoms with Gasteiger partial charge in [0.15, 0.2) is 0 Å². The lowest BCUT2D eigenvalue weighted by molar-refractivity contribution is 0.201. The summed E-state index contributed by atoms with van der Waals surface area (Å²) in [5.74, 6) is 0.506. The molecule has 4 heteroatoms. The van der Waals surface area contributed by atoms with Crippen molar-refractivity contribution in [3.8, 4) is 0 Å². The summed E-state index contributed by atoms with van der Waals surface area (Å²) in [7, 11) is -2.82. The molecule has 0 aromatic carbocycles. The lowest BCUT2D eigenvalue weighted by atomic mass is 9.95. The highest BCUT2D eigenvalue weighted by Gasteiger charge is 2.12. The van der Waals surface area contributed by atoms with Crippen molar-refractivity contribution in [2.75, 3.05) is 11.5 Å². The van der Waals surface area contributed by atoms with E-state index in [0.717, 1.165) is 25.7 Å². The standard InChI is InChI=1S/C11H20O3S/c1-2-15(13,14)8-4-6-10-5-3-7-11(12)9-10/h9,11-12H,2-8H2,1H3. The van der Waals surface area contributed by atoms with Crippen molar-refractivity contribution in [3.05, 3.63) is 11.6 Å². The Labute approximate surface area is 92.1 Å². The van der Waals surface area contributed by atoms with Crippen LogP contribution in [0.2, 0.25) is 0 Å². The predicted molar refractivity (Wildman–Crippen MR) is 61.5 cm³/mol. The molecule has 0 aromatic rings. The second-order valence-electron chi connectivity index (χ2n) is 4.12. The summed E-state index contributed by atoms with van der Waals surface area (Å²) in [6.45, 7) is 1.68. The number of rotatable bonds is 5. The molecule has 3 nitrogen and oxygen atoms in total. The van der Waals surface area contributed by atoms with Gasteiger partial charge < -0.3 is 5.11 Å². The Balaban J connectivity index is 2.32. The van der Waals surface area contributed by atoms with Crippen molar-refractivity contribution < 1.29 is 13.5 Å². The van der Waals surface area contributed by atoms with Crippen molar-refractivity contribution in [1.82, 2.24) is 0 Å². The molecule has 0 aliphatic heterocycles. The minimum absolute atomic E-state index is 0.231. The van der Waals surface area contributed by atoms with Crippen LogP contribution in [0.15, 0.2) is 11.6 Å². The molecular formula is C11H20O3S. The number of aliphatic hydroxyl groups is 1. The first-order chi connectivity index (χ1) is 7.03. The van der Waals surface area contributed by atoms with Crippen LogP contribution in [0.25, 0.3) is 0 Å². The number of allylic oxidation sites excluding steroid dienone is 1. The number of aliphatic hydroxyl groups excluding tert-OH is 1. The molecule has 15 heavy (non-hydrogen) atoms. The molecule has 1 rings (SSSR count). The van der Waals surface area contributed by atoms with Crippen molar-refractivity contribution in [2.45, 2.75) is 45.1 Å². The maximum atomic E-state index is 11.2. The Morgan fingerprint density at radius 2 is 2.27 bits per heavy atom. The fourth-order valence-electron chi connectivity index (χ4n) is 1.85. The van der Waals surface area contributed by atoms with E-state index in [1.165, 1.54) is 5.57 Å². The Hall–Kier alpha value is -0.350. The van der Waals surface area contributed by atoms with Gasteiger partial charge in [-0.3, -0.25) is 0 Å². The monoisotopic (exact) mass is 232 g/mol. The van der Waals surface area contributed by atoms with Crippen LogP contribution in [0.5, 0.6) is 0 Å². The van der Waals surface area contributed by atoms with E-state index < -0.39 is 9.84 Å². The van der Waals surface area contributed by atoms with Crippen LogP contribution in [0.4, 0.5) is 0 Å². The summed E-state index contributed by atoms with van der Waals surface area (Å²) in [4.78, 5) is 0. The van der Waals surface area contributed by atoms with Gasteiger partial charge in [0, 0.05) is 5.75 Å². The summed E-state index contributed by atoms with van der Waals surface area (Å²) in [5.41, 5.74) is 1.22. The predicted octanol–water partition coefficient (Wildman–Crippen LogP) is 1.67. The summed E-state index contributed by atoms with van der Waals surface area (Å²) in [6, 6.07) is 0. The summed E-state index contributed by atoms with van der Waals surface area (Å²) in [6.07, 6.45) is 5.97. The average molecular weight is 232 g/mol. The molecule has 0 saturated heterocycles. The topological polar surface area (TPSA) is 54.4 Å². The molecule has 1 unspecified atom stereocenters. The van der Waals surface area contributed by atoms with E-state index in [9.17, 15) is 13.5 Å². The van der Waals surface area contributed by atoms with Crippen LogP contribution >= 0.6 is 0 Å². The summed E-state index contributed by atoms with van der Waals surface area (Å²) >= 11 is 0. The number of hydrogen-bond acceptors (Lipinski definition) is 3. The van der Waals surface area contributed by atoms with Crippen molar-refractivity contribution in [2.24, 2.45) is 0 Å². The first-order valence-electron chi connectivity index (χ1n) is 5.61. The minimum Gasteiger partial charge on any atom is -0.389 e. The van der Waals surface area contributed by atoms with Crippen LogP contribution in [-0.4, -0.2) is 31.1 Å². The van der Waals surface area contributed by atoms with Gasteiger partial charge in [0.1, 0.15) is 9.84 Å². The van der Waals surface area contributed by atoms with Gasteiger partial charge in [-0.1, -0.05) is 18.6 Å². The Morgan fingerprint density at radius 1 is 1.53 bits per heavy atom. The zero-order chi connectivity index (χ0) is 11.3. The van der Waals surface area contributed by atoms with E-state index in [0.29, 0.717) is 6.42 Å². The van der Waals surface area contributed by atoms with Gasteiger partial charge in [-0.25, -0.2) is 8.42 Å². The van der Waals surface area contributed by atoms with Gasteiger partial charge in [-0.2, -0.15) is 0 Å². The van der Waals surface area contributed by atoms with E-state index >= 15 is 0 Å². The summed E-state index contributed by atoms with van der Waals surface area (Å²) < 4.78 is 22.5. The fraction of sp³-hybridized carbons (Fsp3) is 0.818. The zero-order valence-corrected chi connectivity index (χ0v) is 10.1. The van der Waals surface area contributed by atoms with E-state index in [4.69, 9.17) is 0 Å². The first kappa shape index (κ1) is 12.7. The molecule has 0 fully saturated rings. The summed E-state index contributed by atoms with van der Waals surface area (Å²) in [5, 5.41) is 9.39. The highest BCUT2D eigenvalue weighted by Crippen LogP contribution is 2.21. The van der Waals surface area contributed by atoms with E-state index in [1.807, 2.05) is 6.08 Å². The smallest absolute Gasteiger partial charge is 0.150 e. The Morgan fingerprint density at radius 3 is 2.87 bits per heavy atom. The minimum atomic E-state index is -2.82. The lowest BCUT2D eigenvalue weighted by Crippen LogP contribution is -2.11. The molecule has 0 bridgehead atoms. The quantitative estimate of drug-likeness (QED) is 0.734. The van der Waals surface area contributed by atoms with Crippen molar-refractivity contribution in [3.63, 3.8) is 0 Å². The van der Waals surface area contributed by atoms with Gasteiger partial charge in [-0.05, 0) is 32.1 Å². The average Bonchev–Trinajstić information content (AvgIpc) is 2.18. The molecule has 0 amide bonds. The molecule has 1 atom stereocenters. The first-order valence-corrected chi connectivity index (χ1v) is 7.43. The normalized spacial score (nSPS) is 22.5. The van der Waals surface area contributed by atoms with Crippen LogP contribution < -0.4 is 0 Å². The molecule has 1 aliphatic rings. The number of hydrogen-bond donors (Lipinski definition) is 1. The van der Waals surface area contributed by atoms with E-state index in [1.54, 1.807) is 6.92 Å². The van der Waals surface area contributed by atoms with Crippen LogP contribution in [0.1, 0.15) is 39.0 Å². The van der Waals surface area contributed by atoms with Crippen LogP contribution in [0, 0.1) is 0 Å². The lowest BCUT2D eigenvalue weighted by Gasteiger charge is -2.16. The Kier molecular flexibility index (Phi) is 4.80. The largest absolute Gasteiger partial charge is 0.389 e. The third kappa shape index (κ3) is 4.80. The molecule has 0 heterocycles. The van der Waals surface area contributed by atoms with Crippen LogP contribution in [-0.2, 0) is 9.84 Å². The van der Waals surface area contributed by atoms with E-state index in [-0.39, 0.29) is 17.6 Å². The highest BCUT2D eigenvalue weighted by molar-refractivity contribution is 7.91. The van der Waals surface area contributed by atoms with Gasteiger partial charge in [-0.15, -0.1) is 0 Å². The van der Waals surface area contributed by atoms with E-state index in [2.05, 4.69) is 0 Å². The Bertz CT molecular complexity index is 317. The molecule has 1 aliphatic carbocycles. The van der Waals surface area contributed by atoms with Gasteiger partial charge in [0.2, 0.25) is 0 Å². The SMILES string of the molecule is CCS(=O)(=O)CCCC1=CC(O)CCC1. The second-order valence-corrected chi connectivity index (χ2v) is 6.60. The zero-order valence-electron chi connectivity index (χ0n) is 9.28. The molecule has 0 radical (unpaired) electrons. The fourth-order valence-corrected chi connectivity index (χ4v) is 2.72. The van der Waals surface area contributed by atoms with Gasteiger partial charge >= 0.3 is 0 Å². The van der Waals surface area contributed by atoms with Crippen LogP contribution in [0.3, 0.4) is 0 Å². The van der Waals surface area contributed by atoms with Crippen molar-refractivity contribution in [1.29, 1.82) is 0 Å². The molecule has 0 aromatic heterocycles. The molecular weight excluding hydrogens is 212 g/mol. The second kappa shape index (κ2) is 5.66. The maximum absolute atomic E-state index is 11.2. The van der Waals surface area contributed by atoms with Gasteiger partial charge in [0.25, 0.3) is 0 Å². The van der Waals surface area contributed by atoms with Gasteiger partial charge in [0.05, 0.1) is 11.9 Å². The highest BCUT2D eigenvalue weighted by atomic mass is 32.2. The maximum Gasteiger partial charge on any atom is 0.150 e. The number of sulfone groups is 1. The van der Waals surface area contributed by atoms with Crippen molar-refractivity contribution >= 4 is 9.84 Å². The molecule has 1 N–H and O–H groups in total. The third-order valence-electron chi connectivity index (χ3n) is 2.82. The molecule has 88 valence electrons. The molecule has 0 spiro atoms. The molecule has 0 saturated carbocycles.